The van der Waals surface area contributed by atoms with E-state index in [0.29, 0.717) is 29.3 Å². The first-order valence-electron chi connectivity index (χ1n) is 7.96. The first-order valence-corrected chi connectivity index (χ1v) is 7.96. The zero-order valence-corrected chi connectivity index (χ0v) is 13.9. The van der Waals surface area contributed by atoms with Crippen LogP contribution in [0.3, 0.4) is 0 Å². The fourth-order valence-electron chi connectivity index (χ4n) is 2.59. The van der Waals surface area contributed by atoms with Crippen molar-refractivity contribution in [3.05, 3.63) is 65.2 Å². The van der Waals surface area contributed by atoms with Crippen molar-refractivity contribution >= 4 is 5.91 Å². The fraction of sp³-hybridized carbons (Fsp3) is 0.167. The first-order chi connectivity index (χ1) is 12.6. The topological polar surface area (TPSA) is 78.3 Å². The number of amides is 1. The molecular formula is C18H15FN4O3. The zero-order chi connectivity index (χ0) is 18.1. The fourth-order valence-corrected chi connectivity index (χ4v) is 2.59. The number of carbonyl (C=O) groups excluding carboxylic acids is 1. The Hall–Kier alpha value is -3.42. The second-order valence-electron chi connectivity index (χ2n) is 5.85. The molecule has 4 rings (SSSR count). The summed E-state index contributed by atoms with van der Waals surface area (Å²) in [7, 11) is 0. The summed E-state index contributed by atoms with van der Waals surface area (Å²) in [5.41, 5.74) is 2.18. The summed E-state index contributed by atoms with van der Waals surface area (Å²) < 4.78 is 25.4. The molecule has 1 amide bonds. The van der Waals surface area contributed by atoms with Crippen LogP contribution in [-0.4, -0.2) is 27.7 Å². The van der Waals surface area contributed by atoms with E-state index in [0.717, 1.165) is 5.56 Å². The van der Waals surface area contributed by atoms with Crippen molar-refractivity contribution in [3.8, 4) is 17.2 Å². The van der Waals surface area contributed by atoms with E-state index in [4.69, 9.17) is 9.47 Å². The molecule has 7 nitrogen and oxygen atoms in total. The van der Waals surface area contributed by atoms with Gasteiger partial charge >= 0.3 is 0 Å². The quantitative estimate of drug-likeness (QED) is 0.778. The monoisotopic (exact) mass is 354 g/mol. The van der Waals surface area contributed by atoms with E-state index in [1.807, 2.05) is 12.1 Å². The van der Waals surface area contributed by atoms with Gasteiger partial charge in [-0.05, 0) is 48.4 Å². The van der Waals surface area contributed by atoms with Gasteiger partial charge in [-0.15, -0.1) is 5.10 Å². The van der Waals surface area contributed by atoms with Gasteiger partial charge in [-0.25, -0.2) is 9.07 Å². The number of benzene rings is 2. The van der Waals surface area contributed by atoms with Crippen LogP contribution < -0.4 is 14.8 Å². The van der Waals surface area contributed by atoms with Crippen molar-refractivity contribution in [1.82, 2.24) is 20.3 Å². The van der Waals surface area contributed by atoms with Gasteiger partial charge in [0.05, 0.1) is 11.9 Å². The highest BCUT2D eigenvalue weighted by Crippen LogP contribution is 2.32. The summed E-state index contributed by atoms with van der Waals surface area (Å²) in [4.78, 5) is 12.3. The lowest BCUT2D eigenvalue weighted by molar-refractivity contribution is 0.0945. The largest absolute Gasteiger partial charge is 0.454 e. The number of aromatic nitrogens is 3. The van der Waals surface area contributed by atoms with Crippen LogP contribution >= 0.6 is 0 Å². The number of fused-ring (bicyclic) bond motifs is 1. The molecule has 0 radical (unpaired) electrons. The average molecular weight is 354 g/mol. The SMILES string of the molecule is Cc1cc(-n2cc(C(=O)NCc3ccc4c(c3)OCO4)nn2)ccc1F. The van der Waals surface area contributed by atoms with E-state index < -0.39 is 0 Å². The van der Waals surface area contributed by atoms with Crippen LogP contribution in [-0.2, 0) is 6.54 Å². The Labute approximate surface area is 148 Å². The Kier molecular flexibility index (Phi) is 4.00. The van der Waals surface area contributed by atoms with Gasteiger partial charge in [0.2, 0.25) is 6.79 Å². The lowest BCUT2D eigenvalue weighted by atomic mass is 10.2. The lowest BCUT2D eigenvalue weighted by Gasteiger charge is -2.04. The summed E-state index contributed by atoms with van der Waals surface area (Å²) in [6.07, 6.45) is 1.50. The summed E-state index contributed by atoms with van der Waals surface area (Å²) in [5, 5.41) is 10.6. The number of nitrogens with zero attached hydrogens (tertiary/aromatic N) is 3. The third kappa shape index (κ3) is 3.08. The van der Waals surface area contributed by atoms with Crippen LogP contribution in [0.2, 0.25) is 0 Å². The highest BCUT2D eigenvalue weighted by atomic mass is 19.1. The van der Waals surface area contributed by atoms with Crippen molar-refractivity contribution in [2.75, 3.05) is 6.79 Å². The average Bonchev–Trinajstić information content (AvgIpc) is 3.30. The maximum absolute atomic E-state index is 13.4. The van der Waals surface area contributed by atoms with Crippen molar-refractivity contribution in [2.24, 2.45) is 0 Å². The second-order valence-corrected chi connectivity index (χ2v) is 5.85. The molecule has 2 heterocycles. The molecule has 0 atom stereocenters. The van der Waals surface area contributed by atoms with Crippen molar-refractivity contribution < 1.29 is 18.7 Å². The maximum atomic E-state index is 13.4. The van der Waals surface area contributed by atoms with E-state index in [2.05, 4.69) is 15.6 Å². The molecule has 1 N–H and O–H groups in total. The molecule has 8 heteroatoms. The number of hydrogen-bond donors (Lipinski definition) is 1. The van der Waals surface area contributed by atoms with Crippen LogP contribution in [0.5, 0.6) is 11.5 Å². The minimum atomic E-state index is -0.354. The zero-order valence-electron chi connectivity index (χ0n) is 13.9. The molecule has 0 unspecified atom stereocenters. The molecule has 132 valence electrons. The summed E-state index contributed by atoms with van der Waals surface area (Å²) in [5.74, 6) is 0.704. The van der Waals surface area contributed by atoms with Crippen LogP contribution in [0.25, 0.3) is 5.69 Å². The van der Waals surface area contributed by atoms with Crippen LogP contribution in [0, 0.1) is 12.7 Å². The van der Waals surface area contributed by atoms with Gasteiger partial charge in [0, 0.05) is 6.54 Å². The third-order valence-electron chi connectivity index (χ3n) is 4.02. The molecule has 0 bridgehead atoms. The molecule has 0 fully saturated rings. The predicted molar refractivity (Wildman–Crippen MR) is 89.8 cm³/mol. The molecule has 0 saturated carbocycles. The minimum Gasteiger partial charge on any atom is -0.454 e. The molecule has 0 saturated heterocycles. The van der Waals surface area contributed by atoms with Crippen LogP contribution in [0.15, 0.2) is 42.6 Å². The Bertz CT molecular complexity index is 986. The molecule has 0 aliphatic carbocycles. The Morgan fingerprint density at radius 3 is 2.92 bits per heavy atom. The molecule has 1 aromatic heterocycles. The molecular weight excluding hydrogens is 339 g/mol. The molecule has 0 spiro atoms. The smallest absolute Gasteiger partial charge is 0.273 e. The molecule has 2 aromatic carbocycles. The van der Waals surface area contributed by atoms with E-state index >= 15 is 0 Å². The lowest BCUT2D eigenvalue weighted by Crippen LogP contribution is -2.23. The summed E-state index contributed by atoms with van der Waals surface area (Å²) >= 11 is 0. The number of carbonyl (C=O) groups is 1. The normalized spacial score (nSPS) is 12.2. The number of rotatable bonds is 4. The molecule has 1 aliphatic heterocycles. The summed E-state index contributed by atoms with van der Waals surface area (Å²) in [6, 6.07) is 10.0. The van der Waals surface area contributed by atoms with Gasteiger partial charge in [-0.3, -0.25) is 4.79 Å². The summed E-state index contributed by atoms with van der Waals surface area (Å²) in [6.45, 7) is 2.18. The number of ether oxygens (including phenoxy) is 2. The van der Waals surface area contributed by atoms with Gasteiger partial charge in [0.1, 0.15) is 5.82 Å². The number of halogens is 1. The van der Waals surface area contributed by atoms with E-state index in [9.17, 15) is 9.18 Å². The Morgan fingerprint density at radius 1 is 1.23 bits per heavy atom. The molecule has 3 aromatic rings. The number of nitrogens with one attached hydrogen (secondary N) is 1. The standard InChI is InChI=1S/C18H15FN4O3/c1-11-6-13(3-4-14(11)19)23-9-15(21-22-23)18(24)20-8-12-2-5-16-17(7-12)26-10-25-16/h2-7,9H,8,10H2,1H3,(H,20,24). The highest BCUT2D eigenvalue weighted by Gasteiger charge is 2.15. The third-order valence-corrected chi connectivity index (χ3v) is 4.02. The van der Waals surface area contributed by atoms with E-state index in [1.54, 1.807) is 25.1 Å². The highest BCUT2D eigenvalue weighted by molar-refractivity contribution is 5.91. The Morgan fingerprint density at radius 2 is 2.08 bits per heavy atom. The first kappa shape index (κ1) is 16.1. The Balaban J connectivity index is 1.44. The van der Waals surface area contributed by atoms with E-state index in [1.165, 1.54) is 16.9 Å². The van der Waals surface area contributed by atoms with Crippen LogP contribution in [0.4, 0.5) is 4.39 Å². The van der Waals surface area contributed by atoms with Crippen molar-refractivity contribution in [1.29, 1.82) is 0 Å². The maximum Gasteiger partial charge on any atom is 0.273 e. The van der Waals surface area contributed by atoms with Crippen molar-refractivity contribution in [2.45, 2.75) is 13.5 Å². The molecule has 1 aliphatic rings. The van der Waals surface area contributed by atoms with Crippen molar-refractivity contribution in [3.63, 3.8) is 0 Å². The van der Waals surface area contributed by atoms with Gasteiger partial charge < -0.3 is 14.8 Å². The van der Waals surface area contributed by atoms with Crippen LogP contribution in [0.1, 0.15) is 21.6 Å². The number of aryl methyl sites for hydroxylation is 1. The van der Waals surface area contributed by atoms with Gasteiger partial charge in [-0.1, -0.05) is 11.3 Å². The van der Waals surface area contributed by atoms with Gasteiger partial charge in [0.25, 0.3) is 5.91 Å². The van der Waals surface area contributed by atoms with Gasteiger partial charge in [0.15, 0.2) is 17.2 Å². The number of hydrogen-bond acceptors (Lipinski definition) is 5. The predicted octanol–water partition coefficient (Wildman–Crippen LogP) is 2.37. The molecule has 26 heavy (non-hydrogen) atoms. The second kappa shape index (κ2) is 6.47. The van der Waals surface area contributed by atoms with Gasteiger partial charge in [-0.2, -0.15) is 0 Å². The van der Waals surface area contributed by atoms with E-state index in [-0.39, 0.29) is 24.2 Å². The minimum absolute atomic E-state index is 0.174.